The molecule has 0 aliphatic rings. The minimum absolute atomic E-state index is 0.0626. The second-order valence-corrected chi connectivity index (χ2v) is 16.4. The van der Waals surface area contributed by atoms with Crippen molar-refractivity contribution in [3.8, 4) is 0 Å². The average molecular weight is 765 g/mol. The summed E-state index contributed by atoms with van der Waals surface area (Å²) < 4.78 is 16.7. The van der Waals surface area contributed by atoms with Crippen LogP contribution in [0.3, 0.4) is 0 Å². The van der Waals surface area contributed by atoms with Crippen LogP contribution in [0.1, 0.15) is 271 Å². The average Bonchev–Trinajstić information content (AvgIpc) is 3.17. The van der Waals surface area contributed by atoms with Crippen LogP contribution >= 0.6 is 0 Å². The first-order chi connectivity index (χ1) is 26.5. The molecular formula is C48H92O6. The van der Waals surface area contributed by atoms with Gasteiger partial charge in [-0.3, -0.25) is 14.4 Å². The normalized spacial score (nSPS) is 11.8. The Morgan fingerprint density at radius 1 is 0.296 bits per heavy atom. The number of hydrogen-bond acceptors (Lipinski definition) is 6. The van der Waals surface area contributed by atoms with Gasteiger partial charge >= 0.3 is 17.9 Å². The molecule has 0 saturated carbocycles. The molecule has 0 heterocycles. The summed E-state index contributed by atoms with van der Waals surface area (Å²) in [4.78, 5) is 37.7. The predicted octanol–water partition coefficient (Wildman–Crippen LogP) is 15.3. The van der Waals surface area contributed by atoms with Gasteiger partial charge in [0.1, 0.15) is 13.2 Å². The van der Waals surface area contributed by atoms with E-state index in [0.29, 0.717) is 19.3 Å². The maximum absolute atomic E-state index is 12.7. The van der Waals surface area contributed by atoms with Crippen LogP contribution in [-0.2, 0) is 28.6 Å². The lowest BCUT2D eigenvalue weighted by molar-refractivity contribution is -0.167. The highest BCUT2D eigenvalue weighted by Gasteiger charge is 2.19. The molecule has 0 N–H and O–H groups in total. The number of unbranched alkanes of at least 4 members (excludes halogenated alkanes) is 33. The molecule has 1 atom stereocenters. The maximum atomic E-state index is 12.7. The molecule has 0 aliphatic carbocycles. The van der Waals surface area contributed by atoms with Crippen molar-refractivity contribution < 1.29 is 28.6 Å². The van der Waals surface area contributed by atoms with Crippen molar-refractivity contribution in [1.82, 2.24) is 0 Å². The van der Waals surface area contributed by atoms with E-state index in [2.05, 4.69) is 20.8 Å². The summed E-state index contributed by atoms with van der Waals surface area (Å²) in [7, 11) is 0. The Morgan fingerprint density at radius 3 is 0.741 bits per heavy atom. The summed E-state index contributed by atoms with van der Waals surface area (Å²) in [6, 6.07) is 0. The second kappa shape index (κ2) is 44.1. The summed E-state index contributed by atoms with van der Waals surface area (Å²) in [6.45, 7) is 6.64. The number of hydrogen-bond donors (Lipinski definition) is 0. The van der Waals surface area contributed by atoms with Gasteiger partial charge in [-0.2, -0.15) is 0 Å². The molecule has 0 aromatic heterocycles. The van der Waals surface area contributed by atoms with Gasteiger partial charge in [-0.15, -0.1) is 0 Å². The monoisotopic (exact) mass is 765 g/mol. The van der Waals surface area contributed by atoms with Crippen molar-refractivity contribution in [1.29, 1.82) is 0 Å². The summed E-state index contributed by atoms with van der Waals surface area (Å²) in [5.41, 5.74) is 0. The van der Waals surface area contributed by atoms with Gasteiger partial charge in [0.15, 0.2) is 6.10 Å². The van der Waals surface area contributed by atoms with E-state index in [1.165, 1.54) is 173 Å². The van der Waals surface area contributed by atoms with Crippen LogP contribution in [-0.4, -0.2) is 37.2 Å². The largest absolute Gasteiger partial charge is 0.462 e. The zero-order valence-electron chi connectivity index (χ0n) is 36.5. The summed E-state index contributed by atoms with van der Waals surface area (Å²) >= 11 is 0. The smallest absolute Gasteiger partial charge is 0.306 e. The first-order valence-electron chi connectivity index (χ1n) is 24.0. The van der Waals surface area contributed by atoms with Gasteiger partial charge in [0, 0.05) is 19.3 Å². The van der Waals surface area contributed by atoms with Gasteiger partial charge in [0.2, 0.25) is 0 Å². The molecule has 0 spiro atoms. The molecule has 0 radical (unpaired) electrons. The molecule has 0 amide bonds. The molecule has 320 valence electrons. The van der Waals surface area contributed by atoms with Crippen LogP contribution in [0.25, 0.3) is 0 Å². The molecule has 54 heavy (non-hydrogen) atoms. The Balaban J connectivity index is 4.24. The molecular weight excluding hydrogens is 673 g/mol. The Hall–Kier alpha value is -1.59. The number of ether oxygens (including phenoxy) is 3. The van der Waals surface area contributed by atoms with Gasteiger partial charge in [-0.25, -0.2) is 0 Å². The van der Waals surface area contributed by atoms with Crippen LogP contribution in [0, 0.1) is 0 Å². The van der Waals surface area contributed by atoms with Crippen LogP contribution in [0.5, 0.6) is 0 Å². The van der Waals surface area contributed by atoms with Crippen LogP contribution in [0.2, 0.25) is 0 Å². The van der Waals surface area contributed by atoms with Crippen molar-refractivity contribution in [2.24, 2.45) is 0 Å². The van der Waals surface area contributed by atoms with Crippen molar-refractivity contribution in [2.75, 3.05) is 13.2 Å². The zero-order chi connectivity index (χ0) is 39.4. The number of carbonyl (C=O) groups is 3. The highest BCUT2D eigenvalue weighted by atomic mass is 16.6. The van der Waals surface area contributed by atoms with Crippen molar-refractivity contribution in [3.05, 3.63) is 0 Å². The van der Waals surface area contributed by atoms with Crippen molar-refractivity contribution in [2.45, 2.75) is 277 Å². The lowest BCUT2D eigenvalue weighted by Crippen LogP contribution is -2.30. The standard InChI is InChI=1S/C48H92O6/c1-4-7-10-13-16-19-21-22-23-24-25-27-30-32-35-38-41-47(50)53-44-45(54-48(51)42-39-36-33-28-18-15-12-9-6-3)43-52-46(49)40-37-34-31-29-26-20-17-14-11-8-5-2/h45H,4-44H2,1-3H3/t45-/m1/s1. The van der Waals surface area contributed by atoms with E-state index < -0.39 is 6.10 Å². The molecule has 0 aromatic rings. The summed E-state index contributed by atoms with van der Waals surface area (Å²) in [5, 5.41) is 0. The molecule has 6 heteroatoms. The predicted molar refractivity (Wildman–Crippen MR) is 229 cm³/mol. The first-order valence-corrected chi connectivity index (χ1v) is 24.0. The Bertz CT molecular complexity index is 798. The van der Waals surface area contributed by atoms with Crippen molar-refractivity contribution >= 4 is 17.9 Å². The highest BCUT2D eigenvalue weighted by Crippen LogP contribution is 2.16. The summed E-state index contributed by atoms with van der Waals surface area (Å²) in [6.07, 6.45) is 45.1. The van der Waals surface area contributed by atoms with E-state index >= 15 is 0 Å². The van der Waals surface area contributed by atoms with Crippen molar-refractivity contribution in [3.63, 3.8) is 0 Å². The van der Waals surface area contributed by atoms with Gasteiger partial charge in [-0.05, 0) is 19.3 Å². The molecule has 0 fully saturated rings. The van der Waals surface area contributed by atoms with E-state index in [9.17, 15) is 14.4 Å². The quantitative estimate of drug-likeness (QED) is 0.0349. The van der Waals surface area contributed by atoms with E-state index in [0.717, 1.165) is 57.8 Å². The SMILES string of the molecule is CCCCCCCCCCCCCCCCCCC(=O)OC[C@@H](COC(=O)CCCCCCCCCCCCC)OC(=O)CCCCCCCCCCC. The molecule has 6 nitrogen and oxygen atoms in total. The zero-order valence-corrected chi connectivity index (χ0v) is 36.5. The molecule has 0 aromatic carbocycles. The third-order valence-electron chi connectivity index (χ3n) is 10.9. The Morgan fingerprint density at radius 2 is 0.500 bits per heavy atom. The highest BCUT2D eigenvalue weighted by molar-refractivity contribution is 5.71. The van der Waals surface area contributed by atoms with E-state index in [-0.39, 0.29) is 31.1 Å². The topological polar surface area (TPSA) is 78.9 Å². The van der Waals surface area contributed by atoms with E-state index in [4.69, 9.17) is 14.2 Å². The Kier molecular flexibility index (Phi) is 42.8. The van der Waals surface area contributed by atoms with Gasteiger partial charge in [-0.1, -0.05) is 233 Å². The van der Waals surface area contributed by atoms with Gasteiger partial charge < -0.3 is 14.2 Å². The fourth-order valence-corrected chi connectivity index (χ4v) is 7.21. The minimum Gasteiger partial charge on any atom is -0.462 e. The number of esters is 3. The minimum atomic E-state index is -0.757. The third-order valence-corrected chi connectivity index (χ3v) is 10.9. The molecule has 0 aliphatic heterocycles. The third kappa shape index (κ3) is 41.6. The lowest BCUT2D eigenvalue weighted by atomic mass is 10.0. The van der Waals surface area contributed by atoms with Gasteiger partial charge in [0.05, 0.1) is 0 Å². The second-order valence-electron chi connectivity index (χ2n) is 16.4. The van der Waals surface area contributed by atoms with Gasteiger partial charge in [0.25, 0.3) is 0 Å². The van der Waals surface area contributed by atoms with Crippen LogP contribution in [0.4, 0.5) is 0 Å². The molecule has 0 rings (SSSR count). The van der Waals surface area contributed by atoms with E-state index in [1.54, 1.807) is 0 Å². The maximum Gasteiger partial charge on any atom is 0.306 e. The van der Waals surface area contributed by atoms with Crippen LogP contribution < -0.4 is 0 Å². The lowest BCUT2D eigenvalue weighted by Gasteiger charge is -2.18. The number of carbonyl (C=O) groups excluding carboxylic acids is 3. The first kappa shape index (κ1) is 52.4. The number of rotatable bonds is 44. The van der Waals surface area contributed by atoms with Crippen LogP contribution in [0.15, 0.2) is 0 Å². The molecule has 0 bridgehead atoms. The summed E-state index contributed by atoms with van der Waals surface area (Å²) in [5.74, 6) is -0.851. The Labute approximate surface area is 336 Å². The molecule has 0 saturated heterocycles. The fraction of sp³-hybridized carbons (Fsp3) is 0.938. The molecule has 0 unspecified atom stereocenters. The fourth-order valence-electron chi connectivity index (χ4n) is 7.21. The van der Waals surface area contributed by atoms with E-state index in [1.807, 2.05) is 0 Å².